The molecule has 2 N–H and O–H groups in total. The second-order valence-corrected chi connectivity index (χ2v) is 6.48. The van der Waals surface area contributed by atoms with Gasteiger partial charge >= 0.3 is 12.1 Å². The summed E-state index contributed by atoms with van der Waals surface area (Å²) in [4.78, 5) is 24.7. The minimum atomic E-state index is -1.89. The Bertz CT molecular complexity index is 861. The predicted molar refractivity (Wildman–Crippen MR) is 89.1 cm³/mol. The third-order valence-electron chi connectivity index (χ3n) is 4.09. The molecule has 0 fully saturated rings. The van der Waals surface area contributed by atoms with Gasteiger partial charge in [0.2, 0.25) is 0 Å². The second kappa shape index (κ2) is 5.75. The standard InChI is InChI=1S/C16H10BrClFNO4/c17-12-9-7-16(14(21)22,8-4-2-1-3-5-8)20(15(23)24)11(9)6-10(19)13(12)18/h1-6H,7H2,(H,21,22)(H,23,24)/t16-/m0/s1. The van der Waals surface area contributed by atoms with Gasteiger partial charge in [-0.25, -0.2) is 14.0 Å². The molecular weight excluding hydrogens is 405 g/mol. The largest absolute Gasteiger partial charge is 0.479 e. The topological polar surface area (TPSA) is 77.8 Å². The summed E-state index contributed by atoms with van der Waals surface area (Å²) in [6.45, 7) is 0. The van der Waals surface area contributed by atoms with Crippen LogP contribution in [0.2, 0.25) is 5.02 Å². The van der Waals surface area contributed by atoms with Crippen molar-refractivity contribution in [2.75, 3.05) is 4.90 Å². The molecule has 0 aromatic heterocycles. The molecule has 2 aromatic carbocycles. The summed E-state index contributed by atoms with van der Waals surface area (Å²) in [5.74, 6) is -2.18. The van der Waals surface area contributed by atoms with E-state index in [0.717, 1.165) is 6.07 Å². The number of anilines is 1. The quantitative estimate of drug-likeness (QED) is 0.720. The third-order valence-corrected chi connectivity index (χ3v) is 5.56. The lowest BCUT2D eigenvalue weighted by molar-refractivity contribution is -0.143. The van der Waals surface area contributed by atoms with E-state index in [2.05, 4.69) is 15.9 Å². The van der Waals surface area contributed by atoms with Crippen LogP contribution in [0.5, 0.6) is 0 Å². The van der Waals surface area contributed by atoms with Gasteiger partial charge < -0.3 is 10.2 Å². The van der Waals surface area contributed by atoms with E-state index < -0.39 is 23.4 Å². The predicted octanol–water partition coefficient (Wildman–Crippen LogP) is 4.26. The maximum Gasteiger partial charge on any atom is 0.413 e. The van der Waals surface area contributed by atoms with Gasteiger partial charge in [0.05, 0.1) is 10.7 Å². The van der Waals surface area contributed by atoms with Crippen LogP contribution < -0.4 is 4.90 Å². The SMILES string of the molecule is O=C(O)N1c2cc(F)c(Cl)c(Br)c2C[C@@]1(C(=O)O)c1ccccc1. The fourth-order valence-corrected chi connectivity index (χ4v) is 3.74. The molecule has 1 aliphatic heterocycles. The number of aliphatic carboxylic acids is 1. The van der Waals surface area contributed by atoms with Gasteiger partial charge in [-0.05, 0) is 33.1 Å². The van der Waals surface area contributed by atoms with Gasteiger partial charge in [-0.15, -0.1) is 0 Å². The molecular formula is C16H10BrClFNO4. The maximum atomic E-state index is 14.0. The van der Waals surface area contributed by atoms with E-state index in [9.17, 15) is 24.2 Å². The number of carboxylic acid groups (broad SMARTS) is 2. The van der Waals surface area contributed by atoms with Crippen LogP contribution in [-0.4, -0.2) is 22.3 Å². The zero-order chi connectivity index (χ0) is 17.6. The first-order valence-electron chi connectivity index (χ1n) is 6.79. The fraction of sp³-hybridized carbons (Fsp3) is 0.125. The van der Waals surface area contributed by atoms with Crippen LogP contribution in [0.3, 0.4) is 0 Å². The van der Waals surface area contributed by atoms with E-state index in [1.807, 2.05) is 0 Å². The van der Waals surface area contributed by atoms with Crippen LogP contribution in [0.1, 0.15) is 11.1 Å². The fourth-order valence-electron chi connectivity index (χ4n) is 3.03. The summed E-state index contributed by atoms with van der Waals surface area (Å²) in [6, 6.07) is 8.93. The zero-order valence-corrected chi connectivity index (χ0v) is 14.3. The van der Waals surface area contributed by atoms with E-state index >= 15 is 0 Å². The lowest BCUT2D eigenvalue weighted by atomic mass is 9.86. The minimum absolute atomic E-state index is 0.0393. The number of hydrogen-bond donors (Lipinski definition) is 2. The summed E-state index contributed by atoms with van der Waals surface area (Å²) in [5, 5.41) is 19.3. The minimum Gasteiger partial charge on any atom is -0.479 e. The number of nitrogens with zero attached hydrogens (tertiary/aromatic N) is 1. The van der Waals surface area contributed by atoms with Gasteiger partial charge in [-0.2, -0.15) is 0 Å². The number of fused-ring (bicyclic) bond motifs is 1. The average molecular weight is 415 g/mol. The Hall–Kier alpha value is -2.12. The van der Waals surface area contributed by atoms with E-state index in [1.165, 1.54) is 12.1 Å². The Kier molecular flexibility index (Phi) is 4.01. The molecule has 1 heterocycles. The van der Waals surface area contributed by atoms with Gasteiger partial charge in [0.15, 0.2) is 5.54 Å². The summed E-state index contributed by atoms with van der Waals surface area (Å²) in [5.41, 5.74) is -1.33. The van der Waals surface area contributed by atoms with Crippen LogP contribution in [-0.2, 0) is 16.8 Å². The highest BCUT2D eigenvalue weighted by Crippen LogP contribution is 2.50. The molecule has 1 atom stereocenters. The Morgan fingerprint density at radius 3 is 2.42 bits per heavy atom. The molecule has 0 saturated carbocycles. The first kappa shape index (κ1) is 16.7. The number of carbonyl (C=O) groups is 2. The van der Waals surface area contributed by atoms with Gasteiger partial charge in [-0.3, -0.25) is 4.90 Å². The molecule has 0 spiro atoms. The number of carboxylic acids is 1. The summed E-state index contributed by atoms with van der Waals surface area (Å²) in [6.07, 6.45) is -1.66. The summed E-state index contributed by atoms with van der Waals surface area (Å²) >= 11 is 9.02. The monoisotopic (exact) mass is 413 g/mol. The van der Waals surface area contributed by atoms with Crippen LogP contribution in [0, 0.1) is 5.82 Å². The van der Waals surface area contributed by atoms with E-state index in [4.69, 9.17) is 11.6 Å². The molecule has 1 aliphatic rings. The van der Waals surface area contributed by atoms with Crippen molar-refractivity contribution < 1.29 is 24.2 Å². The average Bonchev–Trinajstić information content (AvgIpc) is 2.90. The van der Waals surface area contributed by atoms with Crippen molar-refractivity contribution >= 4 is 45.3 Å². The molecule has 0 radical (unpaired) electrons. The molecule has 24 heavy (non-hydrogen) atoms. The lowest BCUT2D eigenvalue weighted by Gasteiger charge is -2.33. The van der Waals surface area contributed by atoms with Gasteiger partial charge in [0.25, 0.3) is 0 Å². The first-order chi connectivity index (χ1) is 11.3. The van der Waals surface area contributed by atoms with Gasteiger partial charge in [0, 0.05) is 10.9 Å². The Morgan fingerprint density at radius 2 is 1.88 bits per heavy atom. The Balaban J connectivity index is 2.35. The molecule has 0 unspecified atom stereocenters. The highest BCUT2D eigenvalue weighted by atomic mass is 79.9. The maximum absolute atomic E-state index is 14.0. The normalized spacial score (nSPS) is 19.2. The molecule has 0 bridgehead atoms. The van der Waals surface area contributed by atoms with Crippen LogP contribution in [0.15, 0.2) is 40.9 Å². The number of halogens is 3. The van der Waals surface area contributed by atoms with Crippen molar-refractivity contribution in [3.05, 3.63) is 62.8 Å². The number of rotatable bonds is 2. The summed E-state index contributed by atoms with van der Waals surface area (Å²) < 4.78 is 14.2. The molecule has 0 saturated heterocycles. The van der Waals surface area contributed by atoms with Crippen LogP contribution in [0.4, 0.5) is 14.9 Å². The molecule has 1 amide bonds. The number of amides is 1. The van der Waals surface area contributed by atoms with Crippen molar-refractivity contribution in [2.24, 2.45) is 0 Å². The Morgan fingerprint density at radius 1 is 1.25 bits per heavy atom. The molecule has 5 nitrogen and oxygen atoms in total. The molecule has 124 valence electrons. The highest BCUT2D eigenvalue weighted by molar-refractivity contribution is 9.10. The van der Waals surface area contributed by atoms with E-state index in [-0.39, 0.29) is 27.2 Å². The molecule has 3 rings (SSSR count). The van der Waals surface area contributed by atoms with Crippen LogP contribution in [0.25, 0.3) is 0 Å². The third kappa shape index (κ3) is 2.19. The molecule has 8 heteroatoms. The highest BCUT2D eigenvalue weighted by Gasteiger charge is 2.55. The van der Waals surface area contributed by atoms with Crippen LogP contribution >= 0.6 is 27.5 Å². The van der Waals surface area contributed by atoms with Crippen molar-refractivity contribution in [1.82, 2.24) is 0 Å². The van der Waals surface area contributed by atoms with Gasteiger partial charge in [-0.1, -0.05) is 41.9 Å². The van der Waals surface area contributed by atoms with E-state index in [1.54, 1.807) is 18.2 Å². The Labute approximate surface area is 149 Å². The summed E-state index contributed by atoms with van der Waals surface area (Å²) in [7, 11) is 0. The smallest absolute Gasteiger partial charge is 0.413 e. The van der Waals surface area contributed by atoms with Crippen molar-refractivity contribution in [2.45, 2.75) is 12.0 Å². The van der Waals surface area contributed by atoms with Crippen molar-refractivity contribution in [3.8, 4) is 0 Å². The number of benzene rings is 2. The lowest BCUT2D eigenvalue weighted by Crippen LogP contribution is -2.52. The van der Waals surface area contributed by atoms with Gasteiger partial charge in [0.1, 0.15) is 5.82 Å². The number of hydrogen-bond acceptors (Lipinski definition) is 2. The first-order valence-corrected chi connectivity index (χ1v) is 7.96. The van der Waals surface area contributed by atoms with Crippen molar-refractivity contribution in [3.63, 3.8) is 0 Å². The second-order valence-electron chi connectivity index (χ2n) is 5.31. The van der Waals surface area contributed by atoms with Crippen molar-refractivity contribution in [1.29, 1.82) is 0 Å². The molecule has 0 aliphatic carbocycles. The molecule has 2 aromatic rings. The zero-order valence-electron chi connectivity index (χ0n) is 12.0. The van der Waals surface area contributed by atoms with E-state index in [0.29, 0.717) is 10.5 Å².